The maximum absolute atomic E-state index is 12.8. The third kappa shape index (κ3) is 3.84. The van der Waals surface area contributed by atoms with Crippen LogP contribution in [0.15, 0.2) is 36.9 Å². The van der Waals surface area contributed by atoms with E-state index in [4.69, 9.17) is 4.74 Å². The van der Waals surface area contributed by atoms with Crippen molar-refractivity contribution in [2.45, 2.75) is 20.3 Å². The van der Waals surface area contributed by atoms with Crippen molar-refractivity contribution in [1.82, 2.24) is 4.90 Å². The van der Waals surface area contributed by atoms with E-state index in [1.807, 2.05) is 6.92 Å². The van der Waals surface area contributed by atoms with Gasteiger partial charge in [0.05, 0.1) is 23.3 Å². The summed E-state index contributed by atoms with van der Waals surface area (Å²) in [4.78, 5) is 51.7. The molecule has 0 bridgehead atoms. The molecule has 0 radical (unpaired) electrons. The molecule has 0 fully saturated rings. The van der Waals surface area contributed by atoms with Gasteiger partial charge in [-0.3, -0.25) is 19.3 Å². The Hall–Kier alpha value is -3.26. The predicted octanol–water partition coefficient (Wildman–Crippen LogP) is 3.52. The van der Waals surface area contributed by atoms with E-state index in [0.29, 0.717) is 17.0 Å². The number of hydrogen-bond donors (Lipinski definition) is 1. The second kappa shape index (κ2) is 8.40. The fraction of sp³-hybridized carbons (Fsp3) is 0.238. The molecule has 150 valence electrons. The van der Waals surface area contributed by atoms with E-state index in [9.17, 15) is 19.2 Å². The molecule has 0 aliphatic carbocycles. The molecule has 1 aromatic carbocycles. The summed E-state index contributed by atoms with van der Waals surface area (Å²) in [6, 6.07) is 6.05. The van der Waals surface area contributed by atoms with Gasteiger partial charge in [-0.25, -0.2) is 4.79 Å². The van der Waals surface area contributed by atoms with Gasteiger partial charge in [0.15, 0.2) is 0 Å². The number of anilines is 1. The number of imide groups is 1. The molecule has 1 aliphatic rings. The highest BCUT2D eigenvalue weighted by Crippen LogP contribution is 2.30. The third-order valence-corrected chi connectivity index (χ3v) is 5.59. The molecule has 0 atom stereocenters. The minimum Gasteiger partial charge on any atom is -0.462 e. The van der Waals surface area contributed by atoms with Gasteiger partial charge in [-0.15, -0.1) is 17.9 Å². The van der Waals surface area contributed by atoms with Crippen LogP contribution >= 0.6 is 11.3 Å². The summed E-state index contributed by atoms with van der Waals surface area (Å²) in [6.07, 6.45) is 2.18. The highest BCUT2D eigenvalue weighted by Gasteiger charge is 2.35. The van der Waals surface area contributed by atoms with E-state index in [2.05, 4.69) is 11.9 Å². The van der Waals surface area contributed by atoms with Crippen molar-refractivity contribution in [3.8, 4) is 0 Å². The van der Waals surface area contributed by atoms with E-state index >= 15 is 0 Å². The topological polar surface area (TPSA) is 92.8 Å². The standard InChI is InChI=1S/C21H20N2O5S/c1-4-9-23-19(25)14-8-7-12(10-15(14)20(23)26)17(24)22-18-16(21(27)28-6-3)11-13(5-2)29-18/h4,7-8,10-11H,1,5-6,9H2,2-3H3,(H,22,24). The summed E-state index contributed by atoms with van der Waals surface area (Å²) >= 11 is 1.30. The van der Waals surface area contributed by atoms with Crippen LogP contribution in [-0.4, -0.2) is 41.7 Å². The molecule has 1 aliphatic heterocycles. The molecule has 0 saturated heterocycles. The molecule has 2 aromatic rings. The summed E-state index contributed by atoms with van der Waals surface area (Å²) in [7, 11) is 0. The first kappa shape index (κ1) is 20.5. The Kier molecular flexibility index (Phi) is 5.93. The number of thiophene rings is 1. The van der Waals surface area contributed by atoms with E-state index < -0.39 is 23.7 Å². The number of ether oxygens (including phenoxy) is 1. The number of hydrogen-bond acceptors (Lipinski definition) is 6. The average Bonchev–Trinajstić information content (AvgIpc) is 3.23. The molecule has 8 heteroatoms. The number of amides is 3. The zero-order valence-corrected chi connectivity index (χ0v) is 16.9. The van der Waals surface area contributed by atoms with Crippen molar-refractivity contribution in [2.24, 2.45) is 0 Å². The van der Waals surface area contributed by atoms with Gasteiger partial charge in [-0.05, 0) is 37.6 Å². The number of aryl methyl sites for hydroxylation is 1. The number of benzene rings is 1. The van der Waals surface area contributed by atoms with Crippen molar-refractivity contribution < 1.29 is 23.9 Å². The van der Waals surface area contributed by atoms with Gasteiger partial charge in [0.1, 0.15) is 5.00 Å². The third-order valence-electron chi connectivity index (χ3n) is 4.40. The van der Waals surface area contributed by atoms with Gasteiger partial charge in [-0.2, -0.15) is 0 Å². The molecule has 1 aromatic heterocycles. The minimum absolute atomic E-state index is 0.103. The van der Waals surface area contributed by atoms with Crippen molar-refractivity contribution in [2.75, 3.05) is 18.5 Å². The minimum atomic E-state index is -0.506. The summed E-state index contributed by atoms with van der Waals surface area (Å²) in [5, 5.41) is 3.12. The molecule has 29 heavy (non-hydrogen) atoms. The van der Waals surface area contributed by atoms with E-state index in [1.54, 1.807) is 13.0 Å². The predicted molar refractivity (Wildman–Crippen MR) is 110 cm³/mol. The number of carbonyl (C=O) groups is 4. The lowest BCUT2D eigenvalue weighted by molar-refractivity contribution is 0.0527. The molecule has 3 rings (SSSR count). The quantitative estimate of drug-likeness (QED) is 0.427. The molecular formula is C21H20N2O5S. The fourth-order valence-corrected chi connectivity index (χ4v) is 3.95. The number of esters is 1. The first-order valence-electron chi connectivity index (χ1n) is 9.13. The smallest absolute Gasteiger partial charge is 0.341 e. The Morgan fingerprint density at radius 3 is 2.55 bits per heavy atom. The van der Waals surface area contributed by atoms with Gasteiger partial charge in [-0.1, -0.05) is 13.0 Å². The Labute approximate surface area is 172 Å². The van der Waals surface area contributed by atoms with Gasteiger partial charge >= 0.3 is 5.97 Å². The molecule has 0 spiro atoms. The van der Waals surface area contributed by atoms with Crippen LogP contribution in [0.25, 0.3) is 0 Å². The monoisotopic (exact) mass is 412 g/mol. The fourth-order valence-electron chi connectivity index (χ4n) is 2.97. The van der Waals surface area contributed by atoms with Crippen molar-refractivity contribution >= 4 is 40.0 Å². The van der Waals surface area contributed by atoms with Crippen LogP contribution in [0.3, 0.4) is 0 Å². The van der Waals surface area contributed by atoms with E-state index in [1.165, 1.54) is 35.6 Å². The Morgan fingerprint density at radius 2 is 1.90 bits per heavy atom. The largest absolute Gasteiger partial charge is 0.462 e. The number of nitrogens with zero attached hydrogens (tertiary/aromatic N) is 1. The summed E-state index contributed by atoms with van der Waals surface area (Å²) in [5.41, 5.74) is 0.943. The Balaban J connectivity index is 1.88. The first-order chi connectivity index (χ1) is 13.9. The van der Waals surface area contributed by atoms with Crippen LogP contribution in [-0.2, 0) is 11.2 Å². The SMILES string of the molecule is C=CCN1C(=O)c2ccc(C(=O)Nc3sc(CC)cc3C(=O)OCC)cc2C1=O. The van der Waals surface area contributed by atoms with Crippen LogP contribution in [0.2, 0.25) is 0 Å². The van der Waals surface area contributed by atoms with Gasteiger partial charge < -0.3 is 10.1 Å². The molecule has 3 amide bonds. The number of rotatable bonds is 7. The molecular weight excluding hydrogens is 392 g/mol. The van der Waals surface area contributed by atoms with Crippen LogP contribution in [0.4, 0.5) is 5.00 Å². The maximum atomic E-state index is 12.8. The van der Waals surface area contributed by atoms with Crippen molar-refractivity contribution in [3.05, 3.63) is 64.1 Å². The van der Waals surface area contributed by atoms with Crippen molar-refractivity contribution in [3.63, 3.8) is 0 Å². The summed E-state index contributed by atoms with van der Waals surface area (Å²) in [6.45, 7) is 7.54. The Bertz CT molecular complexity index is 1020. The van der Waals surface area contributed by atoms with Crippen LogP contribution < -0.4 is 5.32 Å². The molecule has 0 saturated carbocycles. The zero-order valence-electron chi connectivity index (χ0n) is 16.1. The highest BCUT2D eigenvalue weighted by atomic mass is 32.1. The van der Waals surface area contributed by atoms with Crippen LogP contribution in [0, 0.1) is 0 Å². The lowest BCUT2D eigenvalue weighted by Crippen LogP contribution is -2.29. The number of carbonyl (C=O) groups excluding carboxylic acids is 4. The number of fused-ring (bicyclic) bond motifs is 1. The first-order valence-corrected chi connectivity index (χ1v) is 9.95. The maximum Gasteiger partial charge on any atom is 0.341 e. The van der Waals surface area contributed by atoms with Gasteiger partial charge in [0.2, 0.25) is 0 Å². The zero-order chi connectivity index (χ0) is 21.1. The molecule has 1 N–H and O–H groups in total. The number of nitrogens with one attached hydrogen (secondary N) is 1. The average molecular weight is 412 g/mol. The lowest BCUT2D eigenvalue weighted by atomic mass is 10.1. The van der Waals surface area contributed by atoms with E-state index in [0.717, 1.165) is 9.78 Å². The second-order valence-electron chi connectivity index (χ2n) is 6.25. The molecule has 7 nitrogen and oxygen atoms in total. The Morgan fingerprint density at radius 1 is 1.17 bits per heavy atom. The van der Waals surface area contributed by atoms with Crippen LogP contribution in [0.1, 0.15) is 60.2 Å². The molecule has 2 heterocycles. The van der Waals surface area contributed by atoms with Crippen molar-refractivity contribution in [1.29, 1.82) is 0 Å². The van der Waals surface area contributed by atoms with Gasteiger partial charge in [0.25, 0.3) is 17.7 Å². The highest BCUT2D eigenvalue weighted by molar-refractivity contribution is 7.16. The summed E-state index contributed by atoms with van der Waals surface area (Å²) < 4.78 is 5.06. The van der Waals surface area contributed by atoms with Crippen LogP contribution in [0.5, 0.6) is 0 Å². The molecule has 0 unspecified atom stereocenters. The van der Waals surface area contributed by atoms with E-state index in [-0.39, 0.29) is 29.8 Å². The normalized spacial score (nSPS) is 12.7. The van der Waals surface area contributed by atoms with Gasteiger partial charge in [0, 0.05) is 17.0 Å². The lowest BCUT2D eigenvalue weighted by Gasteiger charge is -2.09. The summed E-state index contributed by atoms with van der Waals surface area (Å²) in [5.74, 6) is -1.86. The second-order valence-corrected chi connectivity index (χ2v) is 7.39.